The molecule has 1 nitrogen and oxygen atoms in total. The summed E-state index contributed by atoms with van der Waals surface area (Å²) in [7, 11) is 0.443. The zero-order valence-corrected chi connectivity index (χ0v) is 10.4. The molecular weight excluding hydrogens is 192 g/mol. The quantitative estimate of drug-likeness (QED) is 0.485. The van der Waals surface area contributed by atoms with E-state index in [-0.39, 0.29) is 0 Å². The molecule has 1 aliphatic rings. The van der Waals surface area contributed by atoms with Gasteiger partial charge in [0.2, 0.25) is 0 Å². The molecule has 1 rings (SSSR count). The van der Waals surface area contributed by atoms with Crippen LogP contribution in [-0.4, -0.2) is 23.2 Å². The molecule has 84 valence electrons. The van der Waals surface area contributed by atoms with Gasteiger partial charge in [-0.2, -0.15) is 10.5 Å². The van der Waals surface area contributed by atoms with Gasteiger partial charge in [-0.25, -0.2) is 0 Å². The molecule has 0 amide bonds. The van der Waals surface area contributed by atoms with Crippen LogP contribution in [-0.2, 0) is 4.74 Å². The summed E-state index contributed by atoms with van der Waals surface area (Å²) in [6.45, 7) is 5.47. The van der Waals surface area contributed by atoms with Gasteiger partial charge in [-0.15, -0.1) is 0 Å². The van der Waals surface area contributed by atoms with Gasteiger partial charge in [0.1, 0.15) is 0 Å². The largest absolute Gasteiger partial charge is 0.368 e. The minimum absolute atomic E-state index is 0.443. The van der Waals surface area contributed by atoms with Gasteiger partial charge in [0, 0.05) is 6.61 Å². The SMILES string of the molecule is CC=S(CCCCCC)C1CCCO1. The van der Waals surface area contributed by atoms with Crippen LogP contribution in [0, 0.1) is 0 Å². The first-order valence-electron chi connectivity index (χ1n) is 5.98. The van der Waals surface area contributed by atoms with Gasteiger partial charge in [0.25, 0.3) is 0 Å². The summed E-state index contributed by atoms with van der Waals surface area (Å²) in [5, 5.41) is 2.38. The average Bonchev–Trinajstić information content (AvgIpc) is 2.71. The number of hydrogen-bond acceptors (Lipinski definition) is 1. The van der Waals surface area contributed by atoms with Crippen molar-refractivity contribution in [2.24, 2.45) is 0 Å². The Balaban J connectivity index is 2.18. The topological polar surface area (TPSA) is 9.23 Å². The highest BCUT2D eigenvalue weighted by Crippen LogP contribution is 2.30. The summed E-state index contributed by atoms with van der Waals surface area (Å²) in [5.41, 5.74) is 0.571. The molecule has 0 N–H and O–H groups in total. The van der Waals surface area contributed by atoms with E-state index >= 15 is 0 Å². The third kappa shape index (κ3) is 4.14. The van der Waals surface area contributed by atoms with Crippen LogP contribution >= 0.6 is 10.5 Å². The van der Waals surface area contributed by atoms with Crippen LogP contribution < -0.4 is 0 Å². The Labute approximate surface area is 91.2 Å². The summed E-state index contributed by atoms with van der Waals surface area (Å²) in [4.78, 5) is 0. The number of unbranched alkanes of at least 4 members (excludes halogenated alkanes) is 3. The van der Waals surface area contributed by atoms with Crippen molar-refractivity contribution in [2.45, 2.75) is 57.8 Å². The van der Waals surface area contributed by atoms with Crippen LogP contribution in [0.4, 0.5) is 0 Å². The zero-order valence-electron chi connectivity index (χ0n) is 9.63. The Morgan fingerprint density at radius 2 is 2.21 bits per heavy atom. The number of ether oxygens (including phenoxy) is 1. The van der Waals surface area contributed by atoms with Crippen molar-refractivity contribution < 1.29 is 4.74 Å². The minimum Gasteiger partial charge on any atom is -0.368 e. The van der Waals surface area contributed by atoms with Crippen molar-refractivity contribution in [3.8, 4) is 0 Å². The van der Waals surface area contributed by atoms with Crippen molar-refractivity contribution in [3.63, 3.8) is 0 Å². The van der Waals surface area contributed by atoms with E-state index in [1.54, 1.807) is 0 Å². The van der Waals surface area contributed by atoms with Crippen LogP contribution in [0.5, 0.6) is 0 Å². The van der Waals surface area contributed by atoms with Crippen LogP contribution in [0.25, 0.3) is 0 Å². The van der Waals surface area contributed by atoms with E-state index in [2.05, 4.69) is 19.2 Å². The summed E-state index contributed by atoms with van der Waals surface area (Å²) in [5.74, 6) is 1.36. The molecule has 0 aliphatic carbocycles. The molecule has 0 saturated carbocycles. The lowest BCUT2D eigenvalue weighted by Gasteiger charge is -2.15. The fourth-order valence-electron chi connectivity index (χ4n) is 1.88. The predicted molar refractivity (Wildman–Crippen MR) is 67.3 cm³/mol. The van der Waals surface area contributed by atoms with E-state index in [9.17, 15) is 0 Å². The number of hydrogen-bond donors (Lipinski definition) is 0. The van der Waals surface area contributed by atoms with Gasteiger partial charge in [-0.1, -0.05) is 31.6 Å². The molecule has 0 aromatic rings. The van der Waals surface area contributed by atoms with Gasteiger partial charge >= 0.3 is 0 Å². The fourth-order valence-corrected chi connectivity index (χ4v) is 3.96. The second kappa shape index (κ2) is 7.47. The first kappa shape index (κ1) is 12.3. The third-order valence-corrected chi connectivity index (χ3v) is 5.17. The third-order valence-electron chi connectivity index (χ3n) is 2.76. The maximum absolute atomic E-state index is 5.74. The first-order valence-corrected chi connectivity index (χ1v) is 7.50. The summed E-state index contributed by atoms with van der Waals surface area (Å²) in [6, 6.07) is 0. The first-order chi connectivity index (χ1) is 6.88. The molecule has 0 aromatic carbocycles. The van der Waals surface area contributed by atoms with E-state index in [1.165, 1.54) is 44.3 Å². The van der Waals surface area contributed by atoms with Crippen molar-refractivity contribution in [2.75, 3.05) is 12.4 Å². The minimum atomic E-state index is 0.443. The molecule has 1 saturated heterocycles. The number of rotatable bonds is 6. The van der Waals surface area contributed by atoms with Gasteiger partial charge in [0.15, 0.2) is 0 Å². The molecule has 0 radical (unpaired) electrons. The van der Waals surface area contributed by atoms with Gasteiger partial charge in [-0.05, 0) is 31.9 Å². The molecule has 0 spiro atoms. The van der Waals surface area contributed by atoms with Crippen LogP contribution in [0.1, 0.15) is 52.4 Å². The Kier molecular flexibility index (Phi) is 6.54. The molecule has 1 fully saturated rings. The maximum atomic E-state index is 5.74. The highest BCUT2D eigenvalue weighted by atomic mass is 32.2. The van der Waals surface area contributed by atoms with E-state index in [0.717, 1.165) is 6.61 Å². The van der Waals surface area contributed by atoms with Crippen LogP contribution in [0.2, 0.25) is 0 Å². The highest BCUT2D eigenvalue weighted by molar-refractivity contribution is 8.15. The van der Waals surface area contributed by atoms with Crippen molar-refractivity contribution in [1.82, 2.24) is 0 Å². The fraction of sp³-hybridized carbons (Fsp3) is 0.917. The molecule has 14 heavy (non-hydrogen) atoms. The Morgan fingerprint density at radius 3 is 2.79 bits per heavy atom. The molecule has 1 heterocycles. The van der Waals surface area contributed by atoms with E-state index in [4.69, 9.17) is 4.74 Å². The van der Waals surface area contributed by atoms with Gasteiger partial charge < -0.3 is 4.74 Å². The molecule has 1 aliphatic heterocycles. The van der Waals surface area contributed by atoms with Gasteiger partial charge in [-0.3, -0.25) is 0 Å². The van der Waals surface area contributed by atoms with E-state index < -0.39 is 0 Å². The van der Waals surface area contributed by atoms with Crippen molar-refractivity contribution in [1.29, 1.82) is 0 Å². The summed E-state index contributed by atoms with van der Waals surface area (Å²) in [6.07, 6.45) is 8.09. The lowest BCUT2D eigenvalue weighted by Crippen LogP contribution is -2.04. The monoisotopic (exact) mass is 216 g/mol. The molecule has 0 aromatic heterocycles. The zero-order chi connectivity index (χ0) is 10.2. The molecule has 2 atom stereocenters. The van der Waals surface area contributed by atoms with E-state index in [1.807, 2.05) is 0 Å². The van der Waals surface area contributed by atoms with Crippen LogP contribution in [0.15, 0.2) is 0 Å². The maximum Gasteiger partial charge on any atom is 0.0979 e. The van der Waals surface area contributed by atoms with Crippen molar-refractivity contribution >= 4 is 15.9 Å². The Hall–Kier alpha value is 0.180. The Bertz CT molecular complexity index is 171. The average molecular weight is 216 g/mol. The molecule has 2 unspecified atom stereocenters. The lowest BCUT2D eigenvalue weighted by atomic mass is 10.2. The smallest absolute Gasteiger partial charge is 0.0979 e. The second-order valence-electron chi connectivity index (χ2n) is 3.91. The Morgan fingerprint density at radius 1 is 1.36 bits per heavy atom. The van der Waals surface area contributed by atoms with Crippen molar-refractivity contribution in [3.05, 3.63) is 0 Å². The summed E-state index contributed by atoms with van der Waals surface area (Å²) < 4.78 is 5.74. The predicted octanol–water partition coefficient (Wildman–Crippen LogP) is 3.79. The lowest BCUT2D eigenvalue weighted by molar-refractivity contribution is 0.173. The molecule has 2 heteroatoms. The normalized spacial score (nSPS) is 24.3. The van der Waals surface area contributed by atoms with Gasteiger partial charge in [0.05, 0.1) is 5.44 Å². The molecule has 0 bridgehead atoms. The molecular formula is C12H24OS. The highest BCUT2D eigenvalue weighted by Gasteiger charge is 2.17. The van der Waals surface area contributed by atoms with Crippen LogP contribution in [0.3, 0.4) is 0 Å². The van der Waals surface area contributed by atoms with E-state index in [0.29, 0.717) is 15.9 Å². The summed E-state index contributed by atoms with van der Waals surface area (Å²) >= 11 is 0. The standard InChI is InChI=1S/C12H24OS/c1-3-5-6-7-11-14(4-2)12-9-8-10-13-12/h4,12H,3,5-11H2,1-2H3. The second-order valence-corrected chi connectivity index (χ2v) is 6.26.